The summed E-state index contributed by atoms with van der Waals surface area (Å²) in [4.78, 5) is 9.06. The highest BCUT2D eigenvalue weighted by molar-refractivity contribution is 14.1. The zero-order chi connectivity index (χ0) is 15.6. The van der Waals surface area contributed by atoms with E-state index in [1.807, 2.05) is 18.2 Å². The molecule has 1 N–H and O–H groups in total. The summed E-state index contributed by atoms with van der Waals surface area (Å²) in [5.41, 5.74) is 0.483. The highest BCUT2D eigenvalue weighted by atomic mass is 127. The fourth-order valence-corrected chi connectivity index (χ4v) is 3.28. The van der Waals surface area contributed by atoms with Crippen molar-refractivity contribution in [3.63, 3.8) is 0 Å². The maximum absolute atomic E-state index is 13.7. The van der Waals surface area contributed by atoms with Crippen molar-refractivity contribution in [3.8, 4) is 10.4 Å². The van der Waals surface area contributed by atoms with E-state index in [0.29, 0.717) is 21.4 Å². The monoisotopic (exact) mass is 429 g/mol. The molecule has 2 heterocycles. The molecule has 3 rings (SSSR count). The molecule has 112 valence electrons. The molecule has 0 fully saturated rings. The molecule has 2 aromatic heterocycles. The van der Waals surface area contributed by atoms with Crippen LogP contribution in [0.2, 0.25) is 0 Å². The Kier molecular flexibility index (Phi) is 4.34. The zero-order valence-corrected chi connectivity index (χ0v) is 14.1. The number of pyridine rings is 1. The fourth-order valence-electron chi connectivity index (χ4n) is 1.95. The molecule has 7 heteroatoms. The summed E-state index contributed by atoms with van der Waals surface area (Å²) >= 11 is 2.46. The maximum atomic E-state index is 13.7. The van der Waals surface area contributed by atoms with Crippen LogP contribution in [0.15, 0.2) is 54.9 Å². The van der Waals surface area contributed by atoms with Crippen molar-refractivity contribution in [2.24, 2.45) is 0 Å². The van der Waals surface area contributed by atoms with Gasteiger partial charge in [0.2, 0.25) is 0 Å². The number of hydrogen-bond donors (Lipinski definition) is 1. The minimum Gasteiger partial charge on any atom is -0.316 e. The van der Waals surface area contributed by atoms with E-state index in [9.17, 15) is 8.78 Å². The number of nitrogens with zero attached hydrogens (tertiary/aromatic N) is 2. The molecule has 22 heavy (non-hydrogen) atoms. The van der Waals surface area contributed by atoms with Crippen molar-refractivity contribution in [2.75, 3.05) is 5.32 Å². The van der Waals surface area contributed by atoms with Crippen LogP contribution in [-0.2, 0) is 3.93 Å². The van der Waals surface area contributed by atoms with Gasteiger partial charge in [-0.1, -0.05) is 41.7 Å². The standard InChI is InChI=1S/C15H10F2IN3S/c16-15(17,18)11-6-2-1-5-10(11)12-9-20-14(22-12)21-13-7-3-4-8-19-13/h1-9H,(H,19,20,21). The number of benzene rings is 1. The Balaban J connectivity index is 1.92. The number of aromatic nitrogens is 2. The predicted molar refractivity (Wildman–Crippen MR) is 93.0 cm³/mol. The minimum absolute atomic E-state index is 0.0105. The average molecular weight is 429 g/mol. The van der Waals surface area contributed by atoms with Gasteiger partial charge >= 0.3 is 3.93 Å². The Hall–Kier alpha value is -1.61. The van der Waals surface area contributed by atoms with Gasteiger partial charge < -0.3 is 5.32 Å². The smallest absolute Gasteiger partial charge is 0.316 e. The van der Waals surface area contributed by atoms with Gasteiger partial charge in [-0.3, -0.25) is 0 Å². The van der Waals surface area contributed by atoms with Crippen molar-refractivity contribution < 1.29 is 8.78 Å². The lowest BCUT2D eigenvalue weighted by molar-refractivity contribution is 0.128. The Morgan fingerprint density at radius 1 is 1.05 bits per heavy atom. The van der Waals surface area contributed by atoms with E-state index in [-0.39, 0.29) is 5.56 Å². The third-order valence-corrected chi connectivity index (χ3v) is 4.43. The van der Waals surface area contributed by atoms with Crippen LogP contribution in [0.4, 0.5) is 19.7 Å². The van der Waals surface area contributed by atoms with Crippen LogP contribution in [0.1, 0.15) is 5.56 Å². The molecule has 0 aliphatic carbocycles. The molecule has 3 nitrogen and oxygen atoms in total. The van der Waals surface area contributed by atoms with Crippen molar-refractivity contribution in [1.29, 1.82) is 0 Å². The predicted octanol–water partition coefficient (Wildman–Crippen LogP) is 5.43. The second-order valence-electron chi connectivity index (χ2n) is 4.41. The lowest BCUT2D eigenvalue weighted by Gasteiger charge is -2.12. The number of nitrogens with one attached hydrogen (secondary N) is 1. The Morgan fingerprint density at radius 3 is 2.55 bits per heavy atom. The summed E-state index contributed by atoms with van der Waals surface area (Å²) < 4.78 is 24.5. The molecule has 0 bridgehead atoms. The van der Waals surface area contributed by atoms with E-state index in [4.69, 9.17) is 0 Å². The van der Waals surface area contributed by atoms with Gasteiger partial charge in [-0.2, -0.15) is 8.78 Å². The average Bonchev–Trinajstić information content (AvgIpc) is 2.96. The molecule has 0 unspecified atom stereocenters. The van der Waals surface area contributed by atoms with E-state index in [1.165, 1.54) is 17.4 Å². The van der Waals surface area contributed by atoms with Gasteiger partial charge in [0.25, 0.3) is 0 Å². The highest BCUT2D eigenvalue weighted by Gasteiger charge is 2.30. The first-order chi connectivity index (χ1) is 10.5. The minimum atomic E-state index is -2.92. The van der Waals surface area contributed by atoms with Crippen LogP contribution in [0.25, 0.3) is 10.4 Å². The molecule has 0 saturated carbocycles. The van der Waals surface area contributed by atoms with Gasteiger partial charge in [-0.25, -0.2) is 9.97 Å². The number of alkyl halides is 3. The molecule has 0 atom stereocenters. The van der Waals surface area contributed by atoms with E-state index in [0.717, 1.165) is 22.6 Å². The van der Waals surface area contributed by atoms with E-state index >= 15 is 0 Å². The number of thiazole rings is 1. The number of anilines is 2. The summed E-state index contributed by atoms with van der Waals surface area (Å²) in [6.07, 6.45) is 3.26. The molecule has 0 spiro atoms. The molecule has 1 aromatic carbocycles. The highest BCUT2D eigenvalue weighted by Crippen LogP contribution is 2.42. The van der Waals surface area contributed by atoms with Crippen LogP contribution in [0, 0.1) is 0 Å². The molecule has 0 radical (unpaired) electrons. The van der Waals surface area contributed by atoms with Crippen LogP contribution in [-0.4, -0.2) is 9.97 Å². The van der Waals surface area contributed by atoms with E-state index in [2.05, 4.69) is 15.3 Å². The molecule has 0 amide bonds. The summed E-state index contributed by atoms with van der Waals surface area (Å²) in [5.74, 6) is 0.663. The van der Waals surface area contributed by atoms with Crippen LogP contribution < -0.4 is 5.32 Å². The summed E-state index contributed by atoms with van der Waals surface area (Å²) in [6.45, 7) is 0. The third-order valence-electron chi connectivity index (χ3n) is 2.90. The third kappa shape index (κ3) is 3.41. The second-order valence-corrected chi connectivity index (χ2v) is 6.80. The summed E-state index contributed by atoms with van der Waals surface area (Å²) in [6, 6.07) is 12.0. The van der Waals surface area contributed by atoms with Crippen LogP contribution >= 0.6 is 33.9 Å². The first-order valence-corrected chi connectivity index (χ1v) is 8.24. The summed E-state index contributed by atoms with van der Waals surface area (Å²) in [7, 11) is 0. The Morgan fingerprint density at radius 2 is 1.82 bits per heavy atom. The van der Waals surface area contributed by atoms with E-state index in [1.54, 1.807) is 30.6 Å². The zero-order valence-electron chi connectivity index (χ0n) is 11.1. The fraction of sp³-hybridized carbons (Fsp3) is 0.0667. The molecular weight excluding hydrogens is 419 g/mol. The first-order valence-electron chi connectivity index (χ1n) is 6.34. The van der Waals surface area contributed by atoms with Crippen molar-refractivity contribution in [3.05, 3.63) is 60.4 Å². The molecular formula is C15H10F2IN3S. The molecule has 3 aromatic rings. The molecule has 0 saturated heterocycles. The van der Waals surface area contributed by atoms with Crippen LogP contribution in [0.3, 0.4) is 0 Å². The van der Waals surface area contributed by atoms with Gasteiger partial charge in [-0.15, -0.1) is 0 Å². The maximum Gasteiger partial charge on any atom is 0.322 e. The topological polar surface area (TPSA) is 37.8 Å². The first kappa shape index (κ1) is 15.3. The van der Waals surface area contributed by atoms with Gasteiger partial charge in [0, 0.05) is 46.1 Å². The van der Waals surface area contributed by atoms with E-state index < -0.39 is 3.93 Å². The second kappa shape index (κ2) is 6.25. The lowest BCUT2D eigenvalue weighted by atomic mass is 10.1. The van der Waals surface area contributed by atoms with Gasteiger partial charge in [0.1, 0.15) is 5.82 Å². The van der Waals surface area contributed by atoms with Crippen molar-refractivity contribution in [2.45, 2.75) is 3.93 Å². The normalized spacial score (nSPS) is 11.4. The number of rotatable bonds is 4. The van der Waals surface area contributed by atoms with Crippen molar-refractivity contribution in [1.82, 2.24) is 9.97 Å². The van der Waals surface area contributed by atoms with Crippen molar-refractivity contribution >= 4 is 44.9 Å². The molecule has 0 aliphatic rings. The number of hydrogen-bond acceptors (Lipinski definition) is 4. The van der Waals surface area contributed by atoms with Gasteiger partial charge in [0.15, 0.2) is 5.13 Å². The van der Waals surface area contributed by atoms with Crippen LogP contribution in [0.5, 0.6) is 0 Å². The van der Waals surface area contributed by atoms with Gasteiger partial charge in [0.05, 0.1) is 4.88 Å². The SMILES string of the molecule is FC(F)(I)c1ccccc1-c1cnc(Nc2ccccn2)s1. The quantitative estimate of drug-likeness (QED) is 0.444. The number of halogens is 3. The Bertz CT molecular complexity index is 772. The van der Waals surface area contributed by atoms with Gasteiger partial charge in [-0.05, 0) is 12.1 Å². The summed E-state index contributed by atoms with van der Waals surface area (Å²) in [5, 5.41) is 3.67. The largest absolute Gasteiger partial charge is 0.322 e. The molecule has 0 aliphatic heterocycles. The lowest BCUT2D eigenvalue weighted by Crippen LogP contribution is -2.03. The Labute approximate surface area is 143 Å².